The monoisotopic (exact) mass is 288 g/mol. The summed E-state index contributed by atoms with van der Waals surface area (Å²) >= 11 is 0. The Hall–Kier alpha value is -2.05. The number of alkyl halides is 3. The second-order valence-electron chi connectivity index (χ2n) is 4.22. The summed E-state index contributed by atoms with van der Waals surface area (Å²) in [6.45, 7) is 0. The molecule has 4 nitrogen and oxygen atoms in total. The van der Waals surface area contributed by atoms with Crippen LogP contribution in [0.15, 0.2) is 24.4 Å². The van der Waals surface area contributed by atoms with Gasteiger partial charge in [-0.1, -0.05) is 6.08 Å². The number of nitrogens with zero attached hydrogens (tertiary/aromatic N) is 1. The number of anilines is 1. The first kappa shape index (κ1) is 16.0. The van der Waals surface area contributed by atoms with Crippen LogP contribution in [0.25, 0.3) is 5.57 Å². The van der Waals surface area contributed by atoms with Crippen molar-refractivity contribution in [3.63, 3.8) is 0 Å². The number of halogens is 3. The third kappa shape index (κ3) is 4.91. The number of nitrogen functional groups attached to an aromatic ring is 1. The fourth-order valence-electron chi connectivity index (χ4n) is 1.74. The fourth-order valence-corrected chi connectivity index (χ4v) is 1.74. The number of carbonyl (C=O) groups is 1. The second-order valence-corrected chi connectivity index (χ2v) is 4.22. The van der Waals surface area contributed by atoms with Crippen molar-refractivity contribution in [2.75, 3.05) is 5.73 Å². The second kappa shape index (κ2) is 6.93. The summed E-state index contributed by atoms with van der Waals surface area (Å²) in [5, 5.41) is 7.12. The van der Waals surface area contributed by atoms with Crippen LogP contribution in [0.3, 0.4) is 0 Å². The van der Waals surface area contributed by atoms with E-state index in [4.69, 9.17) is 15.6 Å². The number of carboxylic acid groups (broad SMARTS) is 1. The fraction of sp³-hybridized carbons (Fsp3) is 0.385. The molecule has 0 radical (unpaired) electrons. The van der Waals surface area contributed by atoms with Crippen molar-refractivity contribution in [2.24, 2.45) is 0 Å². The lowest BCUT2D eigenvalue weighted by Gasteiger charge is -2.13. The molecular weight excluding hydrogens is 273 g/mol. The maximum absolute atomic E-state index is 10.6. The molecule has 1 aliphatic rings. The lowest BCUT2D eigenvalue weighted by Crippen LogP contribution is -2.21. The van der Waals surface area contributed by atoms with Gasteiger partial charge in [0.1, 0.15) is 0 Å². The van der Waals surface area contributed by atoms with Gasteiger partial charge in [-0.25, -0.2) is 4.79 Å². The van der Waals surface area contributed by atoms with Crippen LogP contribution in [0.2, 0.25) is 0 Å². The number of rotatable bonds is 1. The highest BCUT2D eigenvalue weighted by Crippen LogP contribution is 2.28. The number of hydrogen-bond donors (Lipinski definition) is 2. The first-order valence-electron chi connectivity index (χ1n) is 6.02. The molecule has 3 N–H and O–H groups in total. The number of allylic oxidation sites excluding steroid dienone is 2. The van der Waals surface area contributed by atoms with Crippen LogP contribution in [-0.4, -0.2) is 22.2 Å². The third-order valence-electron chi connectivity index (χ3n) is 2.68. The van der Waals surface area contributed by atoms with E-state index in [0.29, 0.717) is 0 Å². The highest BCUT2D eigenvalue weighted by Gasteiger charge is 2.38. The van der Waals surface area contributed by atoms with Gasteiger partial charge in [-0.05, 0) is 43.4 Å². The van der Waals surface area contributed by atoms with E-state index in [9.17, 15) is 13.2 Å². The Bertz CT molecular complexity index is 499. The van der Waals surface area contributed by atoms with Crippen LogP contribution in [0.5, 0.6) is 0 Å². The summed E-state index contributed by atoms with van der Waals surface area (Å²) < 4.78 is 31.7. The summed E-state index contributed by atoms with van der Waals surface area (Å²) in [7, 11) is 0. The van der Waals surface area contributed by atoms with E-state index in [1.165, 1.54) is 24.8 Å². The van der Waals surface area contributed by atoms with Crippen LogP contribution in [0.4, 0.5) is 18.9 Å². The number of aromatic nitrogens is 1. The Labute approximate surface area is 114 Å². The minimum absolute atomic E-state index is 0.802. The quantitative estimate of drug-likeness (QED) is 0.831. The molecule has 0 saturated carbocycles. The highest BCUT2D eigenvalue weighted by atomic mass is 19.4. The van der Waals surface area contributed by atoms with E-state index in [1.54, 1.807) is 6.20 Å². The van der Waals surface area contributed by atoms with Crippen molar-refractivity contribution >= 4 is 17.2 Å². The molecule has 1 aromatic rings. The molecule has 0 aromatic carbocycles. The molecular formula is C13H15F3N2O2. The van der Waals surface area contributed by atoms with Gasteiger partial charge < -0.3 is 10.8 Å². The predicted octanol–water partition coefficient (Wildman–Crippen LogP) is 3.25. The molecule has 20 heavy (non-hydrogen) atoms. The standard InChI is InChI=1S/C11H14N2.C2HF3O2/c12-10-7-4-8-13-11(10)9-5-2-1-3-6-9;3-2(4,5)1(6)7/h4-5,7-8H,1-3,6,12H2;(H,6,7). The largest absolute Gasteiger partial charge is 0.490 e. The molecule has 0 unspecified atom stereocenters. The van der Waals surface area contributed by atoms with Gasteiger partial charge in [0.2, 0.25) is 0 Å². The highest BCUT2D eigenvalue weighted by molar-refractivity contribution is 5.73. The summed E-state index contributed by atoms with van der Waals surface area (Å²) in [4.78, 5) is 13.2. The van der Waals surface area contributed by atoms with Crippen LogP contribution in [0.1, 0.15) is 31.4 Å². The van der Waals surface area contributed by atoms with Crippen molar-refractivity contribution in [1.29, 1.82) is 0 Å². The molecule has 7 heteroatoms. The molecule has 1 heterocycles. The third-order valence-corrected chi connectivity index (χ3v) is 2.68. The van der Waals surface area contributed by atoms with Gasteiger partial charge in [0.15, 0.2) is 0 Å². The summed E-state index contributed by atoms with van der Waals surface area (Å²) in [6, 6.07) is 3.79. The topological polar surface area (TPSA) is 76.2 Å². The summed E-state index contributed by atoms with van der Waals surface area (Å²) in [5.74, 6) is -2.76. The molecule has 0 fully saturated rings. The average molecular weight is 288 g/mol. The van der Waals surface area contributed by atoms with E-state index in [-0.39, 0.29) is 0 Å². The smallest absolute Gasteiger partial charge is 0.475 e. The molecule has 0 bridgehead atoms. The van der Waals surface area contributed by atoms with Gasteiger partial charge in [-0.15, -0.1) is 0 Å². The minimum atomic E-state index is -5.08. The van der Waals surface area contributed by atoms with E-state index in [2.05, 4.69) is 11.1 Å². The zero-order valence-electron chi connectivity index (χ0n) is 10.7. The average Bonchev–Trinajstić information content (AvgIpc) is 2.40. The first-order valence-corrected chi connectivity index (χ1v) is 6.02. The molecule has 0 aliphatic heterocycles. The minimum Gasteiger partial charge on any atom is -0.475 e. The van der Waals surface area contributed by atoms with Crippen molar-refractivity contribution in [2.45, 2.75) is 31.9 Å². The SMILES string of the molecule is Nc1cccnc1C1=CCCCC1.O=C(O)C(F)(F)F. The van der Waals surface area contributed by atoms with Gasteiger partial charge in [-0.2, -0.15) is 13.2 Å². The van der Waals surface area contributed by atoms with Crippen LogP contribution in [-0.2, 0) is 4.79 Å². The van der Waals surface area contributed by atoms with Gasteiger partial charge in [-0.3, -0.25) is 4.98 Å². The van der Waals surface area contributed by atoms with Crippen molar-refractivity contribution in [3.05, 3.63) is 30.1 Å². The normalized spacial score (nSPS) is 14.8. The summed E-state index contributed by atoms with van der Waals surface area (Å²) in [5.41, 5.74) is 8.96. The Kier molecular flexibility index (Phi) is 5.54. The van der Waals surface area contributed by atoms with Crippen LogP contribution in [0, 0.1) is 0 Å². The number of aliphatic carboxylic acids is 1. The van der Waals surface area contributed by atoms with E-state index >= 15 is 0 Å². The zero-order chi connectivity index (χ0) is 15.2. The molecule has 0 spiro atoms. The molecule has 0 amide bonds. The van der Waals surface area contributed by atoms with Gasteiger partial charge in [0.25, 0.3) is 0 Å². The summed E-state index contributed by atoms with van der Waals surface area (Å²) in [6.07, 6.45) is 3.86. The van der Waals surface area contributed by atoms with Gasteiger partial charge in [0, 0.05) is 6.20 Å². The molecule has 0 saturated heterocycles. The Morgan fingerprint density at radius 3 is 2.45 bits per heavy atom. The Morgan fingerprint density at radius 2 is 2.00 bits per heavy atom. The lowest BCUT2D eigenvalue weighted by molar-refractivity contribution is -0.192. The Morgan fingerprint density at radius 1 is 1.35 bits per heavy atom. The number of carboxylic acids is 1. The van der Waals surface area contributed by atoms with Crippen molar-refractivity contribution < 1.29 is 23.1 Å². The molecule has 110 valence electrons. The Balaban J connectivity index is 0.000000246. The molecule has 1 aromatic heterocycles. The molecule has 0 atom stereocenters. The maximum Gasteiger partial charge on any atom is 0.490 e. The van der Waals surface area contributed by atoms with Crippen molar-refractivity contribution in [3.8, 4) is 0 Å². The van der Waals surface area contributed by atoms with Gasteiger partial charge >= 0.3 is 12.1 Å². The number of hydrogen-bond acceptors (Lipinski definition) is 3. The van der Waals surface area contributed by atoms with E-state index in [0.717, 1.165) is 17.8 Å². The number of pyridine rings is 1. The maximum atomic E-state index is 10.6. The molecule has 2 rings (SSSR count). The van der Waals surface area contributed by atoms with Crippen molar-refractivity contribution in [1.82, 2.24) is 4.98 Å². The van der Waals surface area contributed by atoms with Crippen LogP contribution < -0.4 is 5.73 Å². The first-order chi connectivity index (χ1) is 9.32. The predicted molar refractivity (Wildman–Crippen MR) is 68.8 cm³/mol. The van der Waals surface area contributed by atoms with Gasteiger partial charge in [0.05, 0.1) is 11.4 Å². The molecule has 1 aliphatic carbocycles. The van der Waals surface area contributed by atoms with Crippen LogP contribution >= 0.6 is 0 Å². The lowest BCUT2D eigenvalue weighted by atomic mass is 9.96. The number of nitrogens with two attached hydrogens (primary N) is 1. The van der Waals surface area contributed by atoms with E-state index in [1.807, 2.05) is 12.1 Å². The van der Waals surface area contributed by atoms with E-state index < -0.39 is 12.1 Å². The zero-order valence-corrected chi connectivity index (χ0v) is 10.7.